The van der Waals surface area contributed by atoms with E-state index in [1.807, 2.05) is 12.2 Å². The predicted molar refractivity (Wildman–Crippen MR) is 121 cm³/mol. The van der Waals surface area contributed by atoms with Crippen LogP contribution in [0.4, 0.5) is 0 Å². The maximum Gasteiger partial charge on any atom is 0.223 e. The van der Waals surface area contributed by atoms with Crippen LogP contribution in [-0.4, -0.2) is 60.6 Å². The summed E-state index contributed by atoms with van der Waals surface area (Å²) in [6, 6.07) is 0. The Morgan fingerprint density at radius 1 is 0.862 bits per heavy atom. The standard InChI is InChI=1S/C23H43N3O3/c1-4-6-8-10-12-14-22(28)24-16-18-26(20-21(3)27)19-17-25-23(29)15-13-11-9-7-5-2/h10-13,21,27H,4-9,14-20H2,1-3H3,(H,24,28)(H,25,29)/b12-10+,13-11+. The second-order valence-electron chi connectivity index (χ2n) is 7.49. The summed E-state index contributed by atoms with van der Waals surface area (Å²) in [7, 11) is 0. The first kappa shape index (κ1) is 27.3. The van der Waals surface area contributed by atoms with Crippen LogP contribution in [-0.2, 0) is 9.59 Å². The Balaban J connectivity index is 4.04. The number of hydrogen-bond donors (Lipinski definition) is 3. The molecule has 0 radical (unpaired) electrons. The maximum absolute atomic E-state index is 11.9. The van der Waals surface area contributed by atoms with Crippen molar-refractivity contribution in [2.24, 2.45) is 0 Å². The molecule has 1 atom stereocenters. The van der Waals surface area contributed by atoms with E-state index in [0.717, 1.165) is 38.5 Å². The van der Waals surface area contributed by atoms with Gasteiger partial charge in [0.25, 0.3) is 0 Å². The molecule has 29 heavy (non-hydrogen) atoms. The molecule has 0 saturated heterocycles. The normalized spacial score (nSPS) is 12.7. The van der Waals surface area contributed by atoms with E-state index in [0.29, 0.717) is 45.6 Å². The first-order chi connectivity index (χ1) is 14.0. The van der Waals surface area contributed by atoms with Crippen LogP contribution in [0, 0.1) is 0 Å². The van der Waals surface area contributed by atoms with Gasteiger partial charge >= 0.3 is 0 Å². The highest BCUT2D eigenvalue weighted by molar-refractivity contribution is 5.77. The molecule has 6 nitrogen and oxygen atoms in total. The zero-order valence-corrected chi connectivity index (χ0v) is 18.8. The van der Waals surface area contributed by atoms with Crippen LogP contribution in [0.1, 0.15) is 72.1 Å². The fourth-order valence-corrected chi connectivity index (χ4v) is 2.78. The highest BCUT2D eigenvalue weighted by Gasteiger charge is 2.09. The Morgan fingerprint density at radius 3 is 1.69 bits per heavy atom. The van der Waals surface area contributed by atoms with E-state index in [4.69, 9.17) is 0 Å². The maximum atomic E-state index is 11.9. The van der Waals surface area contributed by atoms with Gasteiger partial charge in [0.1, 0.15) is 0 Å². The number of carbonyl (C=O) groups is 2. The van der Waals surface area contributed by atoms with Crippen LogP contribution in [0.25, 0.3) is 0 Å². The van der Waals surface area contributed by atoms with Gasteiger partial charge in [-0.3, -0.25) is 14.5 Å². The number of carbonyl (C=O) groups excluding carboxylic acids is 2. The fraction of sp³-hybridized carbons (Fsp3) is 0.739. The number of nitrogens with one attached hydrogen (secondary N) is 2. The molecule has 0 saturated carbocycles. The van der Waals surface area contributed by atoms with Crippen molar-refractivity contribution in [2.75, 3.05) is 32.7 Å². The summed E-state index contributed by atoms with van der Waals surface area (Å²) in [5, 5.41) is 15.5. The molecule has 0 aromatic rings. The number of unbranched alkanes of at least 4 members (excludes halogenated alkanes) is 4. The third-order valence-electron chi connectivity index (χ3n) is 4.41. The zero-order chi connectivity index (χ0) is 21.7. The van der Waals surface area contributed by atoms with E-state index < -0.39 is 6.10 Å². The largest absolute Gasteiger partial charge is 0.392 e. The van der Waals surface area contributed by atoms with Gasteiger partial charge in [-0.15, -0.1) is 0 Å². The molecule has 0 rings (SSSR count). The van der Waals surface area contributed by atoms with Crippen molar-refractivity contribution in [2.45, 2.75) is 78.2 Å². The second kappa shape index (κ2) is 19.6. The zero-order valence-electron chi connectivity index (χ0n) is 18.8. The van der Waals surface area contributed by atoms with Gasteiger partial charge in [-0.25, -0.2) is 0 Å². The number of amides is 2. The molecule has 0 aliphatic heterocycles. The number of aliphatic hydroxyl groups excluding tert-OH is 1. The van der Waals surface area contributed by atoms with Crippen molar-refractivity contribution in [1.29, 1.82) is 0 Å². The van der Waals surface area contributed by atoms with Gasteiger partial charge in [-0.2, -0.15) is 0 Å². The molecule has 168 valence electrons. The Morgan fingerprint density at radius 2 is 1.31 bits per heavy atom. The number of rotatable bonds is 18. The van der Waals surface area contributed by atoms with Crippen LogP contribution in [0.15, 0.2) is 24.3 Å². The first-order valence-electron chi connectivity index (χ1n) is 11.2. The summed E-state index contributed by atoms with van der Waals surface area (Å²) < 4.78 is 0. The van der Waals surface area contributed by atoms with Crippen molar-refractivity contribution in [1.82, 2.24) is 15.5 Å². The molecule has 1 unspecified atom stereocenters. The van der Waals surface area contributed by atoms with Gasteiger partial charge in [0, 0.05) is 45.6 Å². The average Bonchev–Trinajstić information content (AvgIpc) is 2.67. The Labute approximate surface area is 177 Å². The predicted octanol–water partition coefficient (Wildman–Crippen LogP) is 3.17. The van der Waals surface area contributed by atoms with Gasteiger partial charge < -0.3 is 15.7 Å². The first-order valence-corrected chi connectivity index (χ1v) is 11.2. The molecule has 0 aliphatic carbocycles. The van der Waals surface area contributed by atoms with Crippen LogP contribution in [0.5, 0.6) is 0 Å². The van der Waals surface area contributed by atoms with E-state index in [1.54, 1.807) is 6.92 Å². The highest BCUT2D eigenvalue weighted by Crippen LogP contribution is 1.97. The minimum absolute atomic E-state index is 0.0120. The van der Waals surface area contributed by atoms with Crippen molar-refractivity contribution in [3.8, 4) is 0 Å². The lowest BCUT2D eigenvalue weighted by atomic mass is 10.2. The fourth-order valence-electron chi connectivity index (χ4n) is 2.78. The van der Waals surface area contributed by atoms with E-state index in [9.17, 15) is 14.7 Å². The van der Waals surface area contributed by atoms with Crippen LogP contribution >= 0.6 is 0 Å². The Kier molecular flexibility index (Phi) is 18.5. The second-order valence-corrected chi connectivity index (χ2v) is 7.49. The minimum atomic E-state index is -0.454. The SMILES string of the molecule is CCCC/C=C/CC(=O)NCCN(CCNC(=O)C/C=C/CCCC)CC(C)O. The van der Waals surface area contributed by atoms with Gasteiger partial charge in [0.2, 0.25) is 11.8 Å². The molecule has 0 aliphatic rings. The third kappa shape index (κ3) is 19.4. The summed E-state index contributed by atoms with van der Waals surface area (Å²) in [4.78, 5) is 25.8. The van der Waals surface area contributed by atoms with Crippen molar-refractivity contribution >= 4 is 11.8 Å². The third-order valence-corrected chi connectivity index (χ3v) is 4.41. The molecule has 0 aromatic heterocycles. The molecular weight excluding hydrogens is 366 g/mol. The Hall–Kier alpha value is -1.66. The highest BCUT2D eigenvalue weighted by atomic mass is 16.3. The lowest BCUT2D eigenvalue weighted by molar-refractivity contribution is -0.120. The summed E-state index contributed by atoms with van der Waals surface area (Å²) >= 11 is 0. The van der Waals surface area contributed by atoms with Crippen LogP contribution in [0.2, 0.25) is 0 Å². The van der Waals surface area contributed by atoms with Crippen molar-refractivity contribution < 1.29 is 14.7 Å². The van der Waals surface area contributed by atoms with Crippen LogP contribution in [0.3, 0.4) is 0 Å². The lowest BCUT2D eigenvalue weighted by Gasteiger charge is -2.24. The summed E-state index contributed by atoms with van der Waals surface area (Å²) in [6.07, 6.45) is 15.0. The van der Waals surface area contributed by atoms with Gasteiger partial charge in [-0.1, -0.05) is 63.8 Å². The Bertz CT molecular complexity index is 438. The number of aliphatic hydroxyl groups is 1. The lowest BCUT2D eigenvalue weighted by Crippen LogP contribution is -2.42. The molecule has 0 aromatic carbocycles. The number of allylic oxidation sites excluding steroid dienone is 2. The van der Waals surface area contributed by atoms with E-state index in [2.05, 4.69) is 41.5 Å². The molecule has 0 bridgehead atoms. The molecule has 3 N–H and O–H groups in total. The number of hydrogen-bond acceptors (Lipinski definition) is 4. The van der Waals surface area contributed by atoms with E-state index >= 15 is 0 Å². The summed E-state index contributed by atoms with van der Waals surface area (Å²) in [5.74, 6) is 0.0239. The molecule has 2 amide bonds. The number of nitrogens with zero attached hydrogens (tertiary/aromatic N) is 1. The molecule has 0 heterocycles. The van der Waals surface area contributed by atoms with Gasteiger partial charge in [0.05, 0.1) is 6.10 Å². The molecular formula is C23H43N3O3. The quantitative estimate of drug-likeness (QED) is 0.240. The molecule has 6 heteroatoms. The van der Waals surface area contributed by atoms with Crippen molar-refractivity contribution in [3.05, 3.63) is 24.3 Å². The van der Waals surface area contributed by atoms with E-state index in [1.165, 1.54) is 0 Å². The minimum Gasteiger partial charge on any atom is -0.392 e. The smallest absolute Gasteiger partial charge is 0.223 e. The van der Waals surface area contributed by atoms with E-state index in [-0.39, 0.29) is 11.8 Å². The monoisotopic (exact) mass is 409 g/mol. The summed E-state index contributed by atoms with van der Waals surface area (Å²) in [6.45, 7) is 8.90. The van der Waals surface area contributed by atoms with Gasteiger partial charge in [-0.05, 0) is 19.8 Å². The topological polar surface area (TPSA) is 81.7 Å². The molecule has 0 fully saturated rings. The summed E-state index contributed by atoms with van der Waals surface area (Å²) in [5.41, 5.74) is 0. The van der Waals surface area contributed by atoms with Crippen molar-refractivity contribution in [3.63, 3.8) is 0 Å². The molecule has 0 spiro atoms. The average molecular weight is 410 g/mol. The van der Waals surface area contributed by atoms with Crippen LogP contribution < -0.4 is 10.6 Å². The van der Waals surface area contributed by atoms with Gasteiger partial charge in [0.15, 0.2) is 0 Å².